The molecule has 1 aromatic rings. The Kier molecular flexibility index (Phi) is 6.53. The lowest BCUT2D eigenvalue weighted by molar-refractivity contribution is 0.157. The van der Waals surface area contributed by atoms with Crippen LogP contribution >= 0.6 is 0 Å². The zero-order chi connectivity index (χ0) is 22.2. The molecule has 1 aromatic carbocycles. The van der Waals surface area contributed by atoms with Crippen LogP contribution in [0.25, 0.3) is 0 Å². The predicted octanol–water partition coefficient (Wildman–Crippen LogP) is 3.59. The molecule has 0 aromatic heterocycles. The molecule has 2 saturated carbocycles. The lowest BCUT2D eigenvalue weighted by Crippen LogP contribution is -2.52. The van der Waals surface area contributed by atoms with Crippen LogP contribution in [-0.4, -0.2) is 61.1 Å². The first-order valence-corrected chi connectivity index (χ1v) is 12.7. The summed E-state index contributed by atoms with van der Waals surface area (Å²) in [6, 6.07) is 3.62. The molecule has 0 unspecified atom stereocenters. The van der Waals surface area contributed by atoms with E-state index in [1.54, 1.807) is 16.3 Å². The van der Waals surface area contributed by atoms with Gasteiger partial charge in [-0.15, -0.1) is 0 Å². The molecular formula is C22H31F2N3O3S. The summed E-state index contributed by atoms with van der Waals surface area (Å²) in [5.74, 6) is -1.00. The molecule has 3 fully saturated rings. The number of piperidine rings is 1. The van der Waals surface area contributed by atoms with Crippen molar-refractivity contribution in [2.45, 2.75) is 74.6 Å². The lowest BCUT2D eigenvalue weighted by Gasteiger charge is -2.37. The molecule has 1 saturated heterocycles. The quantitative estimate of drug-likeness (QED) is 0.738. The third kappa shape index (κ3) is 5.19. The summed E-state index contributed by atoms with van der Waals surface area (Å²) in [4.78, 5) is 14.4. The van der Waals surface area contributed by atoms with Gasteiger partial charge in [-0.1, -0.05) is 0 Å². The second-order valence-electron chi connectivity index (χ2n) is 9.19. The van der Waals surface area contributed by atoms with Gasteiger partial charge < -0.3 is 10.2 Å². The van der Waals surface area contributed by atoms with Crippen LogP contribution in [-0.2, 0) is 10.0 Å². The molecule has 172 valence electrons. The second kappa shape index (κ2) is 9.02. The molecule has 0 atom stereocenters. The van der Waals surface area contributed by atoms with Crippen LogP contribution in [0.4, 0.5) is 13.6 Å². The van der Waals surface area contributed by atoms with Gasteiger partial charge in [-0.2, -0.15) is 0 Å². The smallest absolute Gasteiger partial charge is 0.317 e. The minimum atomic E-state index is -3.15. The van der Waals surface area contributed by atoms with Crippen LogP contribution in [0.2, 0.25) is 0 Å². The summed E-state index contributed by atoms with van der Waals surface area (Å²) < 4.78 is 53.3. The van der Waals surface area contributed by atoms with E-state index in [1.165, 1.54) is 12.1 Å². The summed E-state index contributed by atoms with van der Waals surface area (Å²) in [6.07, 6.45) is 5.90. The van der Waals surface area contributed by atoms with E-state index in [2.05, 4.69) is 5.32 Å². The molecule has 1 aliphatic heterocycles. The Morgan fingerprint density at radius 2 is 1.55 bits per heavy atom. The highest BCUT2D eigenvalue weighted by atomic mass is 32.2. The van der Waals surface area contributed by atoms with Crippen molar-refractivity contribution in [3.8, 4) is 0 Å². The Balaban J connectivity index is 1.23. The number of halogens is 2. The Morgan fingerprint density at radius 1 is 0.968 bits per heavy atom. The first-order valence-electron chi connectivity index (χ1n) is 11.2. The summed E-state index contributed by atoms with van der Waals surface area (Å²) in [5, 5.41) is 2.90. The monoisotopic (exact) mass is 455 g/mol. The number of carbonyl (C=O) groups excluding carboxylic acids is 1. The van der Waals surface area contributed by atoms with Crippen molar-refractivity contribution >= 4 is 16.1 Å². The van der Waals surface area contributed by atoms with Crippen molar-refractivity contribution in [1.82, 2.24) is 14.5 Å². The number of sulfonamides is 1. The van der Waals surface area contributed by atoms with Crippen molar-refractivity contribution < 1.29 is 22.0 Å². The van der Waals surface area contributed by atoms with Crippen LogP contribution in [0, 0.1) is 11.6 Å². The van der Waals surface area contributed by atoms with E-state index in [4.69, 9.17) is 0 Å². The Morgan fingerprint density at radius 3 is 2.10 bits per heavy atom. The van der Waals surface area contributed by atoms with Gasteiger partial charge in [0.2, 0.25) is 10.0 Å². The fourth-order valence-electron chi connectivity index (χ4n) is 4.88. The highest BCUT2D eigenvalue weighted by molar-refractivity contribution is 7.90. The van der Waals surface area contributed by atoms with Crippen molar-refractivity contribution in [2.75, 3.05) is 20.1 Å². The first kappa shape index (κ1) is 22.5. The molecule has 2 amide bonds. The number of nitrogens with zero attached hydrogens (tertiary/aromatic N) is 2. The Bertz CT molecular complexity index is 886. The van der Waals surface area contributed by atoms with Gasteiger partial charge in [0.1, 0.15) is 11.6 Å². The van der Waals surface area contributed by atoms with Crippen molar-refractivity contribution in [3.63, 3.8) is 0 Å². The molecule has 9 heteroatoms. The first-order chi connectivity index (χ1) is 14.7. The van der Waals surface area contributed by atoms with Crippen LogP contribution in [0.5, 0.6) is 0 Å². The third-order valence-electron chi connectivity index (χ3n) is 7.01. The van der Waals surface area contributed by atoms with E-state index in [-0.39, 0.29) is 29.3 Å². The maximum Gasteiger partial charge on any atom is 0.317 e. The van der Waals surface area contributed by atoms with Gasteiger partial charge in [-0.3, -0.25) is 0 Å². The van der Waals surface area contributed by atoms with E-state index in [1.807, 2.05) is 0 Å². The highest BCUT2D eigenvalue weighted by Crippen LogP contribution is 2.34. The van der Waals surface area contributed by atoms with Crippen LogP contribution in [0.3, 0.4) is 0 Å². The number of rotatable bonds is 5. The number of hydrogen-bond donors (Lipinski definition) is 1. The summed E-state index contributed by atoms with van der Waals surface area (Å²) in [6.45, 7) is 0.937. The molecule has 2 aliphatic carbocycles. The van der Waals surface area contributed by atoms with Gasteiger partial charge >= 0.3 is 6.03 Å². The minimum Gasteiger partial charge on any atom is -0.335 e. The minimum absolute atomic E-state index is 0.0252. The molecule has 6 nitrogen and oxygen atoms in total. The largest absolute Gasteiger partial charge is 0.335 e. The number of nitrogens with one attached hydrogen (secondary N) is 1. The van der Waals surface area contributed by atoms with Gasteiger partial charge in [0.25, 0.3) is 0 Å². The van der Waals surface area contributed by atoms with Gasteiger partial charge in [-0.25, -0.2) is 26.3 Å². The standard InChI is InChI=1S/C22H31F2N3O3S/c1-26(20-8-10-27(11-9-20)31(29,30)21-6-7-21)22(28)25-19-4-2-15(3-5-19)16-12-17(23)14-18(24)13-16/h12-15,19-21H,2-11H2,1H3,(H,25,28)/t15-,19-. The van der Waals surface area contributed by atoms with E-state index < -0.39 is 21.7 Å². The second-order valence-corrected chi connectivity index (χ2v) is 11.4. The molecule has 4 rings (SSSR count). The predicted molar refractivity (Wildman–Crippen MR) is 114 cm³/mol. The topological polar surface area (TPSA) is 69.7 Å². The summed E-state index contributed by atoms with van der Waals surface area (Å²) in [5.41, 5.74) is 0.687. The van der Waals surface area contributed by atoms with Crippen LogP contribution in [0.15, 0.2) is 18.2 Å². The highest BCUT2D eigenvalue weighted by Gasteiger charge is 2.41. The molecule has 1 heterocycles. The lowest BCUT2D eigenvalue weighted by atomic mass is 9.81. The van der Waals surface area contributed by atoms with Crippen molar-refractivity contribution in [3.05, 3.63) is 35.4 Å². The van der Waals surface area contributed by atoms with Gasteiger partial charge in [0, 0.05) is 38.3 Å². The number of hydrogen-bond acceptors (Lipinski definition) is 3. The van der Waals surface area contributed by atoms with Gasteiger partial charge in [0.15, 0.2) is 0 Å². The molecule has 3 aliphatic rings. The van der Waals surface area contributed by atoms with Gasteiger partial charge in [0.05, 0.1) is 5.25 Å². The summed E-state index contributed by atoms with van der Waals surface area (Å²) >= 11 is 0. The van der Waals surface area contributed by atoms with Crippen molar-refractivity contribution in [2.24, 2.45) is 0 Å². The van der Waals surface area contributed by atoms with Gasteiger partial charge in [-0.05, 0) is 75.0 Å². The van der Waals surface area contributed by atoms with Crippen LogP contribution < -0.4 is 5.32 Å². The summed E-state index contributed by atoms with van der Waals surface area (Å²) in [7, 11) is -1.38. The van der Waals surface area contributed by atoms with E-state index in [9.17, 15) is 22.0 Å². The van der Waals surface area contributed by atoms with E-state index >= 15 is 0 Å². The molecule has 0 spiro atoms. The Labute approximate surface area is 183 Å². The fraction of sp³-hybridized carbons (Fsp3) is 0.682. The number of carbonyl (C=O) groups is 1. The normalized spacial score (nSPS) is 25.9. The molecule has 0 radical (unpaired) electrons. The number of amides is 2. The maximum absolute atomic E-state index is 13.5. The molecule has 1 N–H and O–H groups in total. The maximum atomic E-state index is 13.5. The molecular weight excluding hydrogens is 424 g/mol. The number of benzene rings is 1. The van der Waals surface area contributed by atoms with E-state index in [0.717, 1.165) is 44.6 Å². The average molecular weight is 456 g/mol. The van der Waals surface area contributed by atoms with E-state index in [0.29, 0.717) is 31.5 Å². The third-order valence-corrected chi connectivity index (χ3v) is 9.41. The Hall–Kier alpha value is -1.74. The number of urea groups is 1. The SMILES string of the molecule is CN(C(=O)N[C@H]1CC[C@H](c2cc(F)cc(F)c2)CC1)C1CCN(S(=O)(=O)C2CC2)CC1. The zero-order valence-corrected chi connectivity index (χ0v) is 18.7. The molecule has 0 bridgehead atoms. The van der Waals surface area contributed by atoms with Crippen molar-refractivity contribution in [1.29, 1.82) is 0 Å². The average Bonchev–Trinajstić information content (AvgIpc) is 3.59. The fourth-order valence-corrected chi connectivity index (χ4v) is 6.76. The zero-order valence-electron chi connectivity index (χ0n) is 17.9. The van der Waals surface area contributed by atoms with Crippen LogP contribution in [0.1, 0.15) is 62.8 Å². The molecule has 31 heavy (non-hydrogen) atoms.